The van der Waals surface area contributed by atoms with Gasteiger partial charge in [0.25, 0.3) is 0 Å². The molecule has 0 aliphatic carbocycles. The van der Waals surface area contributed by atoms with E-state index in [9.17, 15) is 9.90 Å². The monoisotopic (exact) mass is 250 g/mol. The number of hydrogen-bond donors (Lipinski definition) is 2. The normalized spacial score (nSPS) is 20.2. The molecule has 0 radical (unpaired) electrons. The van der Waals surface area contributed by atoms with Crippen LogP contribution >= 0.6 is 0 Å². The molecule has 1 aromatic rings. The first-order valence-electron chi connectivity index (χ1n) is 6.06. The summed E-state index contributed by atoms with van der Waals surface area (Å²) in [6.45, 7) is 1.67. The first kappa shape index (κ1) is 12.9. The fraction of sp³-hybridized carbons (Fsp3) is 0.462. The second kappa shape index (κ2) is 5.84. The van der Waals surface area contributed by atoms with E-state index < -0.39 is 0 Å². The number of rotatable bonds is 4. The smallest absolute Gasteiger partial charge is 0.249 e. The van der Waals surface area contributed by atoms with Gasteiger partial charge in [0.05, 0.1) is 12.6 Å². The Morgan fingerprint density at radius 2 is 2.33 bits per heavy atom. The minimum absolute atomic E-state index is 0.0250. The van der Waals surface area contributed by atoms with E-state index in [4.69, 9.17) is 10.5 Å². The van der Waals surface area contributed by atoms with Crippen LogP contribution in [0.3, 0.4) is 0 Å². The van der Waals surface area contributed by atoms with E-state index in [-0.39, 0.29) is 24.3 Å². The van der Waals surface area contributed by atoms with E-state index in [1.807, 2.05) is 6.07 Å². The quantitative estimate of drug-likeness (QED) is 0.814. The maximum absolute atomic E-state index is 11.9. The van der Waals surface area contributed by atoms with Gasteiger partial charge in [-0.2, -0.15) is 0 Å². The number of phenolic OH excluding ortho intramolecular Hbond substituents is 1. The molecule has 0 aromatic heterocycles. The van der Waals surface area contributed by atoms with Crippen LogP contribution < -0.4 is 5.73 Å². The summed E-state index contributed by atoms with van der Waals surface area (Å²) in [6, 6.07) is 6.97. The van der Waals surface area contributed by atoms with Crippen LogP contribution in [-0.4, -0.2) is 41.7 Å². The van der Waals surface area contributed by atoms with Gasteiger partial charge in [-0.15, -0.1) is 0 Å². The van der Waals surface area contributed by atoms with E-state index >= 15 is 0 Å². The summed E-state index contributed by atoms with van der Waals surface area (Å²) >= 11 is 0. The van der Waals surface area contributed by atoms with E-state index in [2.05, 4.69) is 0 Å². The summed E-state index contributed by atoms with van der Waals surface area (Å²) in [4.78, 5) is 13.6. The lowest BCUT2D eigenvalue weighted by molar-refractivity contribution is -0.149. The molecular weight excluding hydrogens is 232 g/mol. The summed E-state index contributed by atoms with van der Waals surface area (Å²) < 4.78 is 5.24. The maximum atomic E-state index is 11.9. The van der Waals surface area contributed by atoms with Crippen molar-refractivity contribution in [2.24, 2.45) is 5.73 Å². The van der Waals surface area contributed by atoms with Crippen LogP contribution in [0.2, 0.25) is 0 Å². The summed E-state index contributed by atoms with van der Waals surface area (Å²) in [5.74, 6) is 0.187. The molecule has 1 unspecified atom stereocenters. The van der Waals surface area contributed by atoms with Crippen LogP contribution in [0, 0.1) is 0 Å². The molecule has 1 heterocycles. The molecule has 1 atom stereocenters. The fourth-order valence-electron chi connectivity index (χ4n) is 2.16. The molecule has 5 nitrogen and oxygen atoms in total. The predicted molar refractivity (Wildman–Crippen MR) is 66.9 cm³/mol. The lowest BCUT2D eigenvalue weighted by Gasteiger charge is -2.35. The summed E-state index contributed by atoms with van der Waals surface area (Å²) in [5.41, 5.74) is 6.46. The molecule has 1 aliphatic rings. The molecule has 1 fully saturated rings. The lowest BCUT2D eigenvalue weighted by Crippen LogP contribution is -2.49. The topological polar surface area (TPSA) is 75.8 Å². The van der Waals surface area contributed by atoms with Gasteiger partial charge < -0.3 is 20.5 Å². The van der Waals surface area contributed by atoms with Crippen LogP contribution in [0.4, 0.5) is 0 Å². The second-order valence-corrected chi connectivity index (χ2v) is 4.44. The number of phenols is 1. The van der Waals surface area contributed by atoms with Gasteiger partial charge in [-0.25, -0.2) is 0 Å². The van der Waals surface area contributed by atoms with Crippen molar-refractivity contribution in [3.63, 3.8) is 0 Å². The van der Waals surface area contributed by atoms with E-state index in [0.717, 1.165) is 12.0 Å². The highest BCUT2D eigenvalue weighted by Gasteiger charge is 2.28. The Bertz CT molecular complexity index is 420. The zero-order valence-electron chi connectivity index (χ0n) is 10.2. The highest BCUT2D eigenvalue weighted by Crippen LogP contribution is 2.18. The first-order chi connectivity index (χ1) is 8.70. The van der Waals surface area contributed by atoms with Crippen molar-refractivity contribution >= 4 is 5.91 Å². The molecule has 98 valence electrons. The minimum Gasteiger partial charge on any atom is -0.508 e. The van der Waals surface area contributed by atoms with E-state index in [0.29, 0.717) is 19.7 Å². The van der Waals surface area contributed by atoms with Crippen molar-refractivity contribution in [1.82, 2.24) is 4.90 Å². The van der Waals surface area contributed by atoms with Crippen molar-refractivity contribution in [1.29, 1.82) is 0 Å². The van der Waals surface area contributed by atoms with Gasteiger partial charge in [-0.3, -0.25) is 4.79 Å². The Morgan fingerprint density at radius 3 is 3.06 bits per heavy atom. The molecule has 1 aromatic carbocycles. The van der Waals surface area contributed by atoms with Gasteiger partial charge in [-0.1, -0.05) is 12.1 Å². The zero-order chi connectivity index (χ0) is 13.0. The SMILES string of the molecule is NCCC1COCC(=O)N1Cc1cccc(O)c1. The highest BCUT2D eigenvalue weighted by molar-refractivity contribution is 5.78. The van der Waals surface area contributed by atoms with Crippen LogP contribution in [0.15, 0.2) is 24.3 Å². The number of benzene rings is 1. The Labute approximate surface area is 106 Å². The van der Waals surface area contributed by atoms with Crippen molar-refractivity contribution < 1.29 is 14.6 Å². The molecule has 1 aliphatic heterocycles. The average molecular weight is 250 g/mol. The predicted octanol–water partition coefficient (Wildman–Crippen LogP) is 0.468. The third-order valence-corrected chi connectivity index (χ3v) is 3.06. The first-order valence-corrected chi connectivity index (χ1v) is 6.06. The molecule has 1 amide bonds. The average Bonchev–Trinajstić information content (AvgIpc) is 2.34. The molecule has 2 rings (SSSR count). The van der Waals surface area contributed by atoms with Gasteiger partial charge in [-0.05, 0) is 30.7 Å². The lowest BCUT2D eigenvalue weighted by atomic mass is 10.1. The number of aromatic hydroxyl groups is 1. The number of morpholine rings is 1. The number of nitrogens with zero attached hydrogens (tertiary/aromatic N) is 1. The highest BCUT2D eigenvalue weighted by atomic mass is 16.5. The Hall–Kier alpha value is -1.59. The van der Waals surface area contributed by atoms with Crippen molar-refractivity contribution in [2.75, 3.05) is 19.8 Å². The summed E-state index contributed by atoms with van der Waals surface area (Å²) in [7, 11) is 0. The number of amides is 1. The van der Waals surface area contributed by atoms with Gasteiger partial charge in [0.2, 0.25) is 5.91 Å². The van der Waals surface area contributed by atoms with E-state index in [1.165, 1.54) is 0 Å². The fourth-order valence-corrected chi connectivity index (χ4v) is 2.16. The van der Waals surface area contributed by atoms with Crippen LogP contribution in [0.25, 0.3) is 0 Å². The molecule has 0 bridgehead atoms. The van der Waals surface area contributed by atoms with Crippen molar-refractivity contribution in [3.8, 4) is 5.75 Å². The van der Waals surface area contributed by atoms with Crippen LogP contribution in [0.1, 0.15) is 12.0 Å². The minimum atomic E-state index is -0.0250. The Morgan fingerprint density at radius 1 is 1.50 bits per heavy atom. The standard InChI is InChI=1S/C13H18N2O3/c14-5-4-11-8-18-9-13(17)15(11)7-10-2-1-3-12(16)6-10/h1-3,6,11,16H,4-5,7-9,14H2. The van der Waals surface area contributed by atoms with Crippen molar-refractivity contribution in [3.05, 3.63) is 29.8 Å². The van der Waals surface area contributed by atoms with Gasteiger partial charge in [0.1, 0.15) is 12.4 Å². The van der Waals surface area contributed by atoms with Gasteiger partial charge in [0.15, 0.2) is 0 Å². The largest absolute Gasteiger partial charge is 0.508 e. The molecule has 0 spiro atoms. The van der Waals surface area contributed by atoms with Crippen LogP contribution in [0.5, 0.6) is 5.75 Å². The number of hydrogen-bond acceptors (Lipinski definition) is 4. The molecule has 18 heavy (non-hydrogen) atoms. The number of carbonyl (C=O) groups excluding carboxylic acids is 1. The zero-order valence-corrected chi connectivity index (χ0v) is 10.2. The molecule has 0 saturated carbocycles. The van der Waals surface area contributed by atoms with Gasteiger partial charge in [0, 0.05) is 6.54 Å². The second-order valence-electron chi connectivity index (χ2n) is 4.44. The maximum Gasteiger partial charge on any atom is 0.249 e. The summed E-state index contributed by atoms with van der Waals surface area (Å²) in [5, 5.41) is 9.43. The van der Waals surface area contributed by atoms with Crippen LogP contribution in [-0.2, 0) is 16.1 Å². The van der Waals surface area contributed by atoms with Gasteiger partial charge >= 0.3 is 0 Å². The molecule has 1 saturated heterocycles. The summed E-state index contributed by atoms with van der Waals surface area (Å²) in [6.07, 6.45) is 0.727. The van der Waals surface area contributed by atoms with Crippen molar-refractivity contribution in [2.45, 2.75) is 19.0 Å². The number of nitrogens with two attached hydrogens (primary N) is 1. The molecular formula is C13H18N2O3. The van der Waals surface area contributed by atoms with E-state index in [1.54, 1.807) is 23.1 Å². The molecule has 5 heteroatoms. The third-order valence-electron chi connectivity index (χ3n) is 3.06. The number of ether oxygens (including phenoxy) is 1. The Kier molecular flexibility index (Phi) is 4.17. The number of carbonyl (C=O) groups is 1. The third kappa shape index (κ3) is 3.00. The Balaban J connectivity index is 2.10. The molecule has 3 N–H and O–H groups in total.